The molecule has 1 amide bonds. The van der Waals surface area contributed by atoms with E-state index >= 15 is 0 Å². The average Bonchev–Trinajstić information content (AvgIpc) is 2.66. The molecule has 0 bridgehead atoms. The molecule has 3 aromatic carbocycles. The minimum Gasteiger partial charge on any atom is -0.489 e. The highest BCUT2D eigenvalue weighted by Crippen LogP contribution is 2.16. The summed E-state index contributed by atoms with van der Waals surface area (Å²) in [5, 5.41) is 2.87. The maximum Gasteiger partial charge on any atom is 0.251 e. The number of ether oxygens (including phenoxy) is 1. The molecule has 0 spiro atoms. The van der Waals surface area contributed by atoms with Gasteiger partial charge in [0.2, 0.25) is 0 Å². The van der Waals surface area contributed by atoms with Crippen molar-refractivity contribution in [3.8, 4) is 5.75 Å². The highest BCUT2D eigenvalue weighted by molar-refractivity contribution is 5.94. The van der Waals surface area contributed by atoms with Crippen LogP contribution in [-0.4, -0.2) is 5.91 Å². The molecule has 1 N–H and O–H groups in total. The molecule has 3 rings (SSSR count). The van der Waals surface area contributed by atoms with Crippen molar-refractivity contribution in [1.29, 1.82) is 0 Å². The number of nitrogens with one attached hydrogen (secondary N) is 1. The topological polar surface area (TPSA) is 38.3 Å². The van der Waals surface area contributed by atoms with Crippen LogP contribution in [0.4, 0.5) is 4.39 Å². The molecule has 0 radical (unpaired) electrons. The molecule has 0 unspecified atom stereocenters. The lowest BCUT2D eigenvalue weighted by Crippen LogP contribution is -2.22. The van der Waals surface area contributed by atoms with Gasteiger partial charge in [-0.3, -0.25) is 4.79 Å². The van der Waals surface area contributed by atoms with Gasteiger partial charge in [-0.2, -0.15) is 0 Å². The lowest BCUT2D eigenvalue weighted by molar-refractivity contribution is 0.0950. The zero-order valence-electron chi connectivity index (χ0n) is 13.6. The smallest absolute Gasteiger partial charge is 0.251 e. The van der Waals surface area contributed by atoms with Gasteiger partial charge in [-0.1, -0.05) is 54.6 Å². The summed E-state index contributed by atoms with van der Waals surface area (Å²) in [6, 6.07) is 23.0. The number of hydrogen-bond acceptors (Lipinski definition) is 2. The number of rotatable bonds is 6. The third-order valence-electron chi connectivity index (χ3n) is 3.74. The number of carbonyl (C=O) groups excluding carboxylic acids is 1. The Kier molecular flexibility index (Phi) is 5.42. The molecule has 3 nitrogen and oxygen atoms in total. The lowest BCUT2D eigenvalue weighted by Gasteiger charge is -2.09. The first kappa shape index (κ1) is 16.7. The number of halogens is 1. The van der Waals surface area contributed by atoms with Crippen molar-refractivity contribution in [3.05, 3.63) is 101 Å². The summed E-state index contributed by atoms with van der Waals surface area (Å²) in [7, 11) is 0. The molecule has 0 aliphatic rings. The van der Waals surface area contributed by atoms with Gasteiger partial charge < -0.3 is 10.1 Å². The summed E-state index contributed by atoms with van der Waals surface area (Å²) in [5.74, 6) is 0.0371. The van der Waals surface area contributed by atoms with Gasteiger partial charge >= 0.3 is 0 Å². The van der Waals surface area contributed by atoms with Crippen molar-refractivity contribution in [3.63, 3.8) is 0 Å². The molecule has 0 atom stereocenters. The zero-order chi connectivity index (χ0) is 17.5. The fourth-order valence-electron chi connectivity index (χ4n) is 2.38. The van der Waals surface area contributed by atoms with E-state index in [2.05, 4.69) is 5.32 Å². The van der Waals surface area contributed by atoms with Gasteiger partial charge in [-0.05, 0) is 29.8 Å². The Bertz CT molecular complexity index is 849. The number of benzene rings is 3. The van der Waals surface area contributed by atoms with E-state index in [0.29, 0.717) is 23.4 Å². The molecule has 0 heterocycles. The normalized spacial score (nSPS) is 10.3. The number of hydrogen-bond donors (Lipinski definition) is 1. The SMILES string of the molecule is O=C(NCc1ccccc1)c1cccc(OCc2ccccc2F)c1. The Morgan fingerprint density at radius 3 is 2.48 bits per heavy atom. The molecular formula is C21H18FNO2. The predicted octanol–water partition coefficient (Wildman–Crippen LogP) is 4.33. The van der Waals surface area contributed by atoms with Crippen LogP contribution >= 0.6 is 0 Å². The second-order valence-corrected chi connectivity index (χ2v) is 5.58. The summed E-state index contributed by atoms with van der Waals surface area (Å²) in [4.78, 5) is 12.3. The standard InChI is InChI=1S/C21H18FNO2/c22-20-12-5-4-9-18(20)15-25-19-11-6-10-17(13-19)21(24)23-14-16-7-2-1-3-8-16/h1-13H,14-15H2,(H,23,24). The van der Waals surface area contributed by atoms with Crippen molar-refractivity contribution in [2.75, 3.05) is 0 Å². The average molecular weight is 335 g/mol. The van der Waals surface area contributed by atoms with E-state index in [-0.39, 0.29) is 18.3 Å². The predicted molar refractivity (Wildman–Crippen MR) is 94.8 cm³/mol. The molecule has 0 aromatic heterocycles. The fraction of sp³-hybridized carbons (Fsp3) is 0.0952. The van der Waals surface area contributed by atoms with Gasteiger partial charge in [0.1, 0.15) is 18.2 Å². The molecule has 0 aliphatic carbocycles. The van der Waals surface area contributed by atoms with E-state index in [0.717, 1.165) is 5.56 Å². The highest BCUT2D eigenvalue weighted by Gasteiger charge is 2.07. The van der Waals surface area contributed by atoms with Crippen LogP contribution in [0.1, 0.15) is 21.5 Å². The Balaban J connectivity index is 1.61. The molecule has 4 heteroatoms. The second-order valence-electron chi connectivity index (χ2n) is 5.58. The van der Waals surface area contributed by atoms with Crippen LogP contribution in [0.2, 0.25) is 0 Å². The lowest BCUT2D eigenvalue weighted by atomic mass is 10.2. The van der Waals surface area contributed by atoms with Crippen LogP contribution in [0, 0.1) is 5.82 Å². The van der Waals surface area contributed by atoms with Crippen LogP contribution in [0.15, 0.2) is 78.9 Å². The van der Waals surface area contributed by atoms with E-state index < -0.39 is 0 Å². The van der Waals surface area contributed by atoms with Crippen molar-refractivity contribution in [1.82, 2.24) is 5.32 Å². The van der Waals surface area contributed by atoms with Gasteiger partial charge in [0, 0.05) is 17.7 Å². The third-order valence-corrected chi connectivity index (χ3v) is 3.74. The molecule has 0 saturated carbocycles. The fourth-order valence-corrected chi connectivity index (χ4v) is 2.38. The van der Waals surface area contributed by atoms with Crippen LogP contribution in [0.5, 0.6) is 5.75 Å². The quantitative estimate of drug-likeness (QED) is 0.728. The largest absolute Gasteiger partial charge is 0.489 e. The van der Waals surface area contributed by atoms with Crippen LogP contribution in [-0.2, 0) is 13.2 Å². The molecule has 0 fully saturated rings. The molecule has 3 aromatic rings. The van der Waals surface area contributed by atoms with Crippen LogP contribution in [0.25, 0.3) is 0 Å². The summed E-state index contributed by atoms with van der Waals surface area (Å²) in [5.41, 5.74) is 2.01. The molecule has 0 aliphatic heterocycles. The van der Waals surface area contributed by atoms with Gasteiger partial charge in [-0.25, -0.2) is 4.39 Å². The van der Waals surface area contributed by atoms with E-state index in [1.807, 2.05) is 30.3 Å². The Hall–Kier alpha value is -3.14. The Morgan fingerprint density at radius 1 is 0.920 bits per heavy atom. The summed E-state index contributed by atoms with van der Waals surface area (Å²) < 4.78 is 19.2. The van der Waals surface area contributed by atoms with E-state index in [4.69, 9.17) is 4.74 Å². The maximum absolute atomic E-state index is 13.6. The minimum absolute atomic E-state index is 0.113. The first-order valence-corrected chi connectivity index (χ1v) is 8.01. The molecule has 0 saturated heterocycles. The van der Waals surface area contributed by atoms with Gasteiger partial charge in [0.05, 0.1) is 0 Å². The van der Waals surface area contributed by atoms with E-state index in [9.17, 15) is 9.18 Å². The Morgan fingerprint density at radius 2 is 1.68 bits per heavy atom. The summed E-state index contributed by atoms with van der Waals surface area (Å²) in [6.45, 7) is 0.571. The molecule has 25 heavy (non-hydrogen) atoms. The summed E-state index contributed by atoms with van der Waals surface area (Å²) in [6.07, 6.45) is 0. The van der Waals surface area contributed by atoms with Crippen LogP contribution < -0.4 is 10.1 Å². The summed E-state index contributed by atoms with van der Waals surface area (Å²) >= 11 is 0. The van der Waals surface area contributed by atoms with E-state index in [1.165, 1.54) is 6.07 Å². The van der Waals surface area contributed by atoms with Gasteiger partial charge in [0.15, 0.2) is 0 Å². The maximum atomic E-state index is 13.6. The van der Waals surface area contributed by atoms with E-state index in [1.54, 1.807) is 42.5 Å². The number of carbonyl (C=O) groups is 1. The zero-order valence-corrected chi connectivity index (χ0v) is 13.6. The van der Waals surface area contributed by atoms with Crippen molar-refractivity contribution >= 4 is 5.91 Å². The van der Waals surface area contributed by atoms with Gasteiger partial charge in [-0.15, -0.1) is 0 Å². The van der Waals surface area contributed by atoms with Crippen molar-refractivity contribution in [2.24, 2.45) is 0 Å². The monoisotopic (exact) mass is 335 g/mol. The van der Waals surface area contributed by atoms with Crippen LogP contribution in [0.3, 0.4) is 0 Å². The third kappa shape index (κ3) is 4.67. The minimum atomic E-state index is -0.306. The first-order chi connectivity index (χ1) is 12.2. The number of amides is 1. The Labute approximate surface area is 146 Å². The van der Waals surface area contributed by atoms with Crippen molar-refractivity contribution in [2.45, 2.75) is 13.2 Å². The molecular weight excluding hydrogens is 317 g/mol. The van der Waals surface area contributed by atoms with Gasteiger partial charge in [0.25, 0.3) is 5.91 Å². The first-order valence-electron chi connectivity index (χ1n) is 8.01. The second kappa shape index (κ2) is 8.11. The highest BCUT2D eigenvalue weighted by atomic mass is 19.1. The van der Waals surface area contributed by atoms with Crippen molar-refractivity contribution < 1.29 is 13.9 Å². The molecule has 126 valence electrons.